The number of rotatable bonds is 14. The van der Waals surface area contributed by atoms with Gasteiger partial charge in [0.15, 0.2) is 0 Å². The van der Waals surface area contributed by atoms with Gasteiger partial charge in [-0.15, -0.1) is 6.42 Å². The topological polar surface area (TPSA) is 52.6 Å². The predicted octanol–water partition coefficient (Wildman–Crippen LogP) is 10.8. The summed E-state index contributed by atoms with van der Waals surface area (Å²) in [4.78, 5) is 21.2. The molecule has 0 amide bonds. The van der Waals surface area contributed by atoms with Crippen molar-refractivity contribution in [1.29, 1.82) is 0 Å². The molecule has 0 aromatic heterocycles. The van der Waals surface area contributed by atoms with Crippen molar-refractivity contribution < 1.29 is 19.1 Å². The van der Waals surface area contributed by atoms with Crippen LogP contribution >= 0.6 is 20.1 Å². The average Bonchev–Trinajstić information content (AvgIpc) is 2.90. The minimum Gasteiger partial charge on any atom is -0.463 e. The lowest BCUT2D eigenvalue weighted by Gasteiger charge is -2.26. The van der Waals surface area contributed by atoms with Crippen molar-refractivity contribution in [3.05, 3.63) is 36.0 Å². The van der Waals surface area contributed by atoms with Crippen LogP contribution in [0.1, 0.15) is 122 Å². The summed E-state index contributed by atoms with van der Waals surface area (Å²) in [6, 6.07) is 0. The number of carbonyl (C=O) groups excluding carboxylic acids is 2. The van der Waals surface area contributed by atoms with Gasteiger partial charge in [-0.05, 0) is 63.2 Å². The average molecular weight is 632 g/mol. The van der Waals surface area contributed by atoms with E-state index in [4.69, 9.17) is 24.8 Å². The highest BCUT2D eigenvalue weighted by molar-refractivity contribution is 7.33. The summed E-state index contributed by atoms with van der Waals surface area (Å²) in [6.07, 6.45) is 17.2. The van der Waals surface area contributed by atoms with Crippen molar-refractivity contribution in [3.8, 4) is 12.3 Å². The van der Waals surface area contributed by atoms with Crippen LogP contribution in [0.4, 0.5) is 0 Å². The summed E-state index contributed by atoms with van der Waals surface area (Å²) in [5.41, 5.74) is 3.52. The van der Waals surface area contributed by atoms with E-state index in [1.807, 2.05) is 19.9 Å². The Morgan fingerprint density at radius 2 is 1.39 bits per heavy atom. The first-order chi connectivity index (χ1) is 19.0. The van der Waals surface area contributed by atoms with E-state index in [1.165, 1.54) is 30.9 Å². The summed E-state index contributed by atoms with van der Waals surface area (Å²) in [7, 11) is 10.7. The number of ether oxygens (including phenoxy) is 2. The van der Waals surface area contributed by atoms with Gasteiger partial charge in [0.1, 0.15) is 0 Å². The lowest BCUT2D eigenvalue weighted by Crippen LogP contribution is -2.14. The molecule has 0 fully saturated rings. The molecular weight excluding hydrogens is 570 g/mol. The molecule has 0 aliphatic carbocycles. The van der Waals surface area contributed by atoms with Gasteiger partial charge >= 0.3 is 24.2 Å². The molecule has 0 heterocycles. The van der Waals surface area contributed by atoms with Crippen LogP contribution in [-0.2, 0) is 19.1 Å². The van der Waals surface area contributed by atoms with Gasteiger partial charge in [-0.25, -0.2) is 29.7 Å². The second-order valence-corrected chi connectivity index (χ2v) is 16.7. The van der Waals surface area contributed by atoms with Crippen LogP contribution in [0.25, 0.3) is 0 Å². The Labute approximate surface area is 267 Å². The number of carbonyl (C=O) groups is 2. The van der Waals surface area contributed by atoms with E-state index in [-0.39, 0.29) is 17.3 Å². The van der Waals surface area contributed by atoms with Crippen molar-refractivity contribution in [3.63, 3.8) is 0 Å². The van der Waals surface area contributed by atoms with Gasteiger partial charge in [0.2, 0.25) is 0 Å². The third kappa shape index (κ3) is 34.9. The number of halogens is 2. The summed E-state index contributed by atoms with van der Waals surface area (Å²) in [6.45, 7) is 30.6. The smallest absolute Gasteiger partial charge is 0.463 e. The second kappa shape index (κ2) is 28.9. The molecular formula is C34H61AlCl2O4. The van der Waals surface area contributed by atoms with Crippen LogP contribution in [-0.4, -0.2) is 37.5 Å². The molecule has 0 aromatic rings. The van der Waals surface area contributed by atoms with Crippen LogP contribution in [0.3, 0.4) is 0 Å². The molecule has 0 aliphatic heterocycles. The molecule has 0 bridgehead atoms. The molecule has 7 heteroatoms. The number of hydrogen-bond acceptors (Lipinski definition) is 4. The molecule has 0 N–H and O–H groups in total. The molecule has 1 atom stereocenters. The zero-order valence-electron chi connectivity index (χ0n) is 28.4. The molecule has 238 valence electrons. The third-order valence-corrected chi connectivity index (χ3v) is 8.82. The minimum absolute atomic E-state index is 0.264. The molecule has 0 radical (unpaired) electrons. The molecule has 1 unspecified atom stereocenters. The number of esters is 2. The molecule has 0 spiro atoms. The number of terminal acetylenes is 1. The van der Waals surface area contributed by atoms with Crippen LogP contribution in [0.5, 0.6) is 0 Å². The first-order valence-electron chi connectivity index (χ1n) is 15.1. The molecule has 0 saturated heterocycles. The molecule has 0 aliphatic rings. The Balaban J connectivity index is -0.000000252. The fourth-order valence-corrected chi connectivity index (χ4v) is 3.29. The lowest BCUT2D eigenvalue weighted by molar-refractivity contribution is -0.137. The van der Waals surface area contributed by atoms with Crippen LogP contribution in [0.15, 0.2) is 36.0 Å². The molecule has 0 saturated carbocycles. The van der Waals surface area contributed by atoms with E-state index < -0.39 is 18.3 Å². The minimum atomic E-state index is -1.21. The molecule has 41 heavy (non-hydrogen) atoms. The maximum absolute atomic E-state index is 11.3. The van der Waals surface area contributed by atoms with Gasteiger partial charge in [-0.2, -0.15) is 0 Å². The van der Waals surface area contributed by atoms with E-state index in [1.54, 1.807) is 18.4 Å². The molecule has 0 rings (SSSR count). The Morgan fingerprint density at radius 3 is 1.71 bits per heavy atom. The summed E-state index contributed by atoms with van der Waals surface area (Å²) in [5, 5.41) is 0.975. The monoisotopic (exact) mass is 630 g/mol. The lowest BCUT2D eigenvalue weighted by atomic mass is 9.79. The highest BCUT2D eigenvalue weighted by Gasteiger charge is 2.19. The third-order valence-electron chi connectivity index (χ3n) is 6.35. The van der Waals surface area contributed by atoms with Gasteiger partial charge in [0.25, 0.3) is 0 Å². The second-order valence-electron chi connectivity index (χ2n) is 11.3. The summed E-state index contributed by atoms with van der Waals surface area (Å²) in [5.74, 6) is 1.21. The largest absolute Gasteiger partial charge is 0.519 e. The quantitative estimate of drug-likeness (QED) is 0.0478. The Kier molecular flexibility index (Phi) is 33.0. The Hall–Kier alpha value is -1.17. The summed E-state index contributed by atoms with van der Waals surface area (Å²) >= 11 is -1.21. The maximum Gasteiger partial charge on any atom is 0.519 e. The highest BCUT2D eigenvalue weighted by Crippen LogP contribution is 2.32. The van der Waals surface area contributed by atoms with Crippen molar-refractivity contribution in [2.75, 3.05) is 13.2 Å². The SMILES string of the molecule is C#CC(=O)OCC.C=C(CC(C)(C)CC)C(/C=C/C(=O)OCC)CC.CCC=C(C)CC(C)(C)CC.C[CH2][Al]([Cl])[Cl]. The molecule has 4 nitrogen and oxygen atoms in total. The number of hydrogen-bond donors (Lipinski definition) is 0. The van der Waals surface area contributed by atoms with Gasteiger partial charge in [0, 0.05) is 12.0 Å². The van der Waals surface area contributed by atoms with Gasteiger partial charge in [-0.3, -0.25) is 0 Å². The zero-order chi connectivity index (χ0) is 33.1. The van der Waals surface area contributed by atoms with E-state index in [9.17, 15) is 9.59 Å². The van der Waals surface area contributed by atoms with Crippen molar-refractivity contribution in [2.45, 2.75) is 127 Å². The fourth-order valence-electron chi connectivity index (χ4n) is 3.29. The fraction of sp³-hybridized carbons (Fsp3) is 0.706. The normalized spacial score (nSPS) is 11.8. The van der Waals surface area contributed by atoms with E-state index >= 15 is 0 Å². The van der Waals surface area contributed by atoms with Crippen LogP contribution in [0, 0.1) is 29.1 Å². The standard InChI is InChI=1S/C16H28O2.C11H22.C5H6O2.C2H5.Al.2ClH/c1-7-14(10-11-15(17)18-9-3)13(4)12-16(5,6)8-2;1-6-8-10(3)9-11(4,5)7-2;1-3-5(6)7-4-2;1-2;;;/h10-11,14H,4,7-9,12H2,1-3,5-6H3;8H,6-7,9H2,1-5H3;1H,4H2,2H3;1H2,2H3;;2*1H/q;;;;+2;;/p-2/b11-10+;;;;;;. The number of allylic oxidation sites excluding steroid dienone is 4. The van der Waals surface area contributed by atoms with E-state index in [0.29, 0.717) is 18.6 Å². The van der Waals surface area contributed by atoms with Crippen molar-refractivity contribution in [2.24, 2.45) is 16.7 Å². The van der Waals surface area contributed by atoms with Crippen LogP contribution in [0.2, 0.25) is 5.28 Å². The van der Waals surface area contributed by atoms with Gasteiger partial charge in [-0.1, -0.05) is 110 Å². The zero-order valence-corrected chi connectivity index (χ0v) is 31.1. The maximum atomic E-state index is 11.3. The van der Waals surface area contributed by atoms with E-state index in [0.717, 1.165) is 24.5 Å². The van der Waals surface area contributed by atoms with Crippen molar-refractivity contribution in [1.82, 2.24) is 0 Å². The van der Waals surface area contributed by atoms with Gasteiger partial charge in [0.05, 0.1) is 13.2 Å². The predicted molar refractivity (Wildman–Crippen MR) is 184 cm³/mol. The Bertz CT molecular complexity index is 793. The van der Waals surface area contributed by atoms with Crippen molar-refractivity contribution >= 4 is 44.3 Å². The van der Waals surface area contributed by atoms with E-state index in [2.05, 4.69) is 86.1 Å². The Morgan fingerprint density at radius 1 is 0.927 bits per heavy atom. The summed E-state index contributed by atoms with van der Waals surface area (Å²) < 4.78 is 9.20. The first kappa shape index (κ1) is 46.8. The first-order valence-corrected chi connectivity index (χ1v) is 19.4. The molecule has 0 aromatic carbocycles. The van der Waals surface area contributed by atoms with Gasteiger partial charge < -0.3 is 9.47 Å². The highest BCUT2D eigenvalue weighted by atomic mass is 35.7. The van der Waals surface area contributed by atoms with Crippen LogP contribution < -0.4 is 0 Å².